The second-order valence-electron chi connectivity index (χ2n) is 5.49. The summed E-state index contributed by atoms with van der Waals surface area (Å²) in [7, 11) is 0. The van der Waals surface area contributed by atoms with E-state index in [-0.39, 0.29) is 17.0 Å². The minimum Gasteiger partial charge on any atom is -0.351 e. The average molecular weight is 406 g/mol. The molecule has 0 saturated heterocycles. The Morgan fingerprint density at radius 2 is 1.96 bits per heavy atom. The van der Waals surface area contributed by atoms with E-state index in [2.05, 4.69) is 10.4 Å². The van der Waals surface area contributed by atoms with Crippen molar-refractivity contribution in [3.05, 3.63) is 69.9 Å². The Hall–Kier alpha value is -2.03. The van der Waals surface area contributed by atoms with Crippen LogP contribution in [0.3, 0.4) is 0 Å². The van der Waals surface area contributed by atoms with Crippen LogP contribution in [0.1, 0.15) is 12.5 Å². The molecule has 0 aliphatic rings. The van der Waals surface area contributed by atoms with E-state index in [0.717, 1.165) is 15.6 Å². The van der Waals surface area contributed by atoms with Gasteiger partial charge < -0.3 is 5.32 Å². The van der Waals surface area contributed by atoms with Crippen molar-refractivity contribution in [3.8, 4) is 5.69 Å². The van der Waals surface area contributed by atoms with Gasteiger partial charge in [0.05, 0.1) is 10.9 Å². The highest BCUT2D eigenvalue weighted by molar-refractivity contribution is 8.02. The Labute approximate surface area is 164 Å². The normalized spacial score (nSPS) is 11.9. The summed E-state index contributed by atoms with van der Waals surface area (Å²) in [5.41, 5.74) is 1.75. The molecule has 1 N–H and O–H groups in total. The third-order valence-corrected chi connectivity index (χ3v) is 5.97. The second kappa shape index (κ2) is 8.57. The zero-order valence-corrected chi connectivity index (χ0v) is 16.3. The highest BCUT2D eigenvalue weighted by atomic mass is 32.2. The van der Waals surface area contributed by atoms with Crippen molar-refractivity contribution in [2.24, 2.45) is 0 Å². The van der Waals surface area contributed by atoms with E-state index < -0.39 is 0 Å². The molecule has 0 aliphatic carbocycles. The average Bonchev–Trinajstić information content (AvgIpc) is 3.01. The van der Waals surface area contributed by atoms with E-state index in [1.54, 1.807) is 16.8 Å². The molecule has 0 unspecified atom stereocenters. The van der Waals surface area contributed by atoms with Crippen molar-refractivity contribution in [1.29, 1.82) is 0 Å². The first-order valence-corrected chi connectivity index (χ1v) is 9.98. The minimum atomic E-state index is -0.319. The smallest absolute Gasteiger partial charge is 0.233 e. The lowest BCUT2D eigenvalue weighted by molar-refractivity contribution is -0.120. The zero-order valence-electron chi connectivity index (χ0n) is 13.9. The van der Waals surface area contributed by atoms with Crippen LogP contribution in [0, 0.1) is 9.77 Å². The Bertz CT molecular complexity index is 938. The number of hydrogen-bond acceptors (Lipinski definition) is 5. The number of rotatable bonds is 6. The SMILES string of the molecule is C[C@H](Sc1nn(-c2ccccc2)c(=S)s1)C(=O)NCc1ccc(F)cc1. The van der Waals surface area contributed by atoms with Crippen LogP contribution in [0.2, 0.25) is 0 Å². The topological polar surface area (TPSA) is 46.9 Å². The molecule has 26 heavy (non-hydrogen) atoms. The van der Waals surface area contributed by atoms with Gasteiger partial charge in [0.25, 0.3) is 0 Å². The van der Waals surface area contributed by atoms with Gasteiger partial charge >= 0.3 is 0 Å². The first-order valence-electron chi connectivity index (χ1n) is 7.87. The lowest BCUT2D eigenvalue weighted by atomic mass is 10.2. The molecule has 0 aliphatic heterocycles. The number of carbonyl (C=O) groups excluding carboxylic acids is 1. The number of amides is 1. The Morgan fingerprint density at radius 1 is 1.27 bits per heavy atom. The molecule has 4 nitrogen and oxygen atoms in total. The van der Waals surface area contributed by atoms with Crippen molar-refractivity contribution in [2.45, 2.75) is 23.1 Å². The Morgan fingerprint density at radius 3 is 2.65 bits per heavy atom. The molecular formula is C18H16FN3OS3. The van der Waals surface area contributed by atoms with Gasteiger partial charge in [-0.2, -0.15) is 0 Å². The maximum atomic E-state index is 12.9. The molecule has 1 amide bonds. The molecule has 1 atom stereocenters. The van der Waals surface area contributed by atoms with Gasteiger partial charge in [0.15, 0.2) is 8.29 Å². The largest absolute Gasteiger partial charge is 0.351 e. The standard InChI is InChI=1S/C18H16FN3OS3/c1-12(16(23)20-11-13-7-9-14(19)10-8-13)25-17-21-22(18(24)26-17)15-5-3-2-4-6-15/h2-10,12H,11H2,1H3,(H,20,23)/t12-/m0/s1. The van der Waals surface area contributed by atoms with Crippen LogP contribution < -0.4 is 5.32 Å². The number of thioether (sulfide) groups is 1. The molecule has 0 bridgehead atoms. The van der Waals surface area contributed by atoms with Crippen LogP contribution >= 0.6 is 35.3 Å². The van der Waals surface area contributed by atoms with Gasteiger partial charge in [-0.05, 0) is 49.0 Å². The summed E-state index contributed by atoms with van der Waals surface area (Å²) in [6, 6.07) is 15.7. The predicted octanol–water partition coefficient (Wildman–Crippen LogP) is 4.60. The predicted molar refractivity (Wildman–Crippen MR) is 106 cm³/mol. The van der Waals surface area contributed by atoms with E-state index in [9.17, 15) is 9.18 Å². The number of carbonyl (C=O) groups is 1. The van der Waals surface area contributed by atoms with Crippen LogP contribution in [0.25, 0.3) is 5.69 Å². The quantitative estimate of drug-likeness (QED) is 0.481. The fourth-order valence-electron chi connectivity index (χ4n) is 2.18. The maximum Gasteiger partial charge on any atom is 0.233 e. The highest BCUT2D eigenvalue weighted by Gasteiger charge is 2.17. The van der Waals surface area contributed by atoms with Crippen molar-refractivity contribution in [1.82, 2.24) is 15.1 Å². The number of nitrogens with one attached hydrogen (secondary N) is 1. The van der Waals surface area contributed by atoms with Gasteiger partial charge in [0, 0.05) is 6.54 Å². The number of nitrogens with zero attached hydrogens (tertiary/aromatic N) is 2. The van der Waals surface area contributed by atoms with Gasteiger partial charge in [0.1, 0.15) is 5.82 Å². The van der Waals surface area contributed by atoms with Crippen LogP contribution in [0.15, 0.2) is 58.9 Å². The van der Waals surface area contributed by atoms with Gasteiger partial charge in [-0.25, -0.2) is 9.07 Å². The molecule has 3 rings (SSSR count). The molecule has 3 aromatic rings. The molecule has 2 aromatic carbocycles. The van der Waals surface area contributed by atoms with Crippen molar-refractivity contribution in [2.75, 3.05) is 0 Å². The third kappa shape index (κ3) is 4.78. The maximum absolute atomic E-state index is 12.9. The van der Waals surface area contributed by atoms with Gasteiger partial charge in [-0.15, -0.1) is 5.10 Å². The second-order valence-corrected chi connectivity index (χ2v) is 8.70. The van der Waals surface area contributed by atoms with Crippen molar-refractivity contribution < 1.29 is 9.18 Å². The molecule has 1 heterocycles. The summed E-state index contributed by atoms with van der Waals surface area (Å²) >= 11 is 8.12. The molecule has 0 spiro atoms. The number of benzene rings is 2. The summed E-state index contributed by atoms with van der Waals surface area (Å²) in [6.07, 6.45) is 0. The molecule has 134 valence electrons. The van der Waals surface area contributed by atoms with Crippen molar-refractivity contribution in [3.63, 3.8) is 0 Å². The lowest BCUT2D eigenvalue weighted by Gasteiger charge is -2.10. The van der Waals surface area contributed by atoms with E-state index in [4.69, 9.17) is 12.2 Å². The molecule has 0 radical (unpaired) electrons. The summed E-state index contributed by atoms with van der Waals surface area (Å²) in [4.78, 5) is 12.3. The van der Waals surface area contributed by atoms with E-state index >= 15 is 0 Å². The lowest BCUT2D eigenvalue weighted by Crippen LogP contribution is -2.30. The van der Waals surface area contributed by atoms with E-state index in [0.29, 0.717) is 10.5 Å². The van der Waals surface area contributed by atoms with E-state index in [1.807, 2.05) is 37.3 Å². The summed E-state index contributed by atoms with van der Waals surface area (Å²) in [5.74, 6) is -0.397. The Kier molecular flexibility index (Phi) is 6.18. The summed E-state index contributed by atoms with van der Waals surface area (Å²) in [6.45, 7) is 2.18. The Balaban J connectivity index is 1.60. The van der Waals surface area contributed by atoms with Gasteiger partial charge in [-0.3, -0.25) is 4.79 Å². The van der Waals surface area contributed by atoms with Crippen molar-refractivity contribution >= 4 is 41.2 Å². The number of para-hydroxylation sites is 1. The first-order chi connectivity index (χ1) is 12.5. The monoisotopic (exact) mass is 405 g/mol. The first kappa shape index (κ1) is 18.8. The summed E-state index contributed by atoms with van der Waals surface area (Å²) < 4.78 is 16.0. The van der Waals surface area contributed by atoms with Crippen LogP contribution in [-0.2, 0) is 11.3 Å². The van der Waals surface area contributed by atoms with Crippen LogP contribution in [0.4, 0.5) is 4.39 Å². The molecule has 8 heteroatoms. The number of aromatic nitrogens is 2. The molecule has 0 fully saturated rings. The number of halogens is 1. The zero-order chi connectivity index (χ0) is 18.5. The van der Waals surface area contributed by atoms with Gasteiger partial charge in [-0.1, -0.05) is 53.4 Å². The van der Waals surface area contributed by atoms with E-state index in [1.165, 1.54) is 35.2 Å². The van der Waals surface area contributed by atoms with Crippen LogP contribution in [-0.4, -0.2) is 20.9 Å². The number of hydrogen-bond donors (Lipinski definition) is 1. The molecule has 0 saturated carbocycles. The minimum absolute atomic E-state index is 0.105. The highest BCUT2D eigenvalue weighted by Crippen LogP contribution is 2.27. The molecule has 1 aromatic heterocycles. The fourth-order valence-corrected chi connectivity index (χ4v) is 4.71. The summed E-state index contributed by atoms with van der Waals surface area (Å²) in [5, 5.41) is 7.04. The van der Waals surface area contributed by atoms with Gasteiger partial charge in [0.2, 0.25) is 5.91 Å². The fraction of sp³-hybridized carbons (Fsp3) is 0.167. The molecular weight excluding hydrogens is 389 g/mol. The van der Waals surface area contributed by atoms with Crippen LogP contribution in [0.5, 0.6) is 0 Å². The third-order valence-electron chi connectivity index (χ3n) is 3.56.